The Morgan fingerprint density at radius 3 is 0.778 bits per heavy atom. The van der Waals surface area contributed by atoms with Crippen molar-refractivity contribution in [3.05, 3.63) is 36.5 Å². The largest absolute Gasteiger partial charge is 0.462 e. The van der Waals surface area contributed by atoms with E-state index >= 15 is 0 Å². The molecule has 0 spiro atoms. The highest BCUT2D eigenvalue weighted by Gasteiger charge is 2.19. The first-order chi connectivity index (χ1) is 35.5. The van der Waals surface area contributed by atoms with Gasteiger partial charge in [0.1, 0.15) is 13.2 Å². The molecule has 1 unspecified atom stereocenters. The van der Waals surface area contributed by atoms with Crippen LogP contribution in [0.3, 0.4) is 0 Å². The summed E-state index contributed by atoms with van der Waals surface area (Å²) in [5, 5.41) is 0. The van der Waals surface area contributed by atoms with Gasteiger partial charge in [0.2, 0.25) is 0 Å². The number of hydrogen-bond acceptors (Lipinski definition) is 6. The van der Waals surface area contributed by atoms with E-state index in [2.05, 4.69) is 57.2 Å². The number of unbranched alkanes of at least 4 members (excludes halogenated alkanes) is 42. The van der Waals surface area contributed by atoms with Crippen LogP contribution in [0, 0.1) is 0 Å². The lowest BCUT2D eigenvalue weighted by Crippen LogP contribution is -2.30. The summed E-state index contributed by atoms with van der Waals surface area (Å²) in [5.74, 6) is -0.849. The van der Waals surface area contributed by atoms with Gasteiger partial charge in [-0.3, -0.25) is 14.4 Å². The average Bonchev–Trinajstić information content (AvgIpc) is 3.38. The van der Waals surface area contributed by atoms with E-state index in [1.807, 2.05) is 0 Å². The monoisotopic (exact) mass is 1010 g/mol. The zero-order valence-corrected chi connectivity index (χ0v) is 48.5. The highest BCUT2D eigenvalue weighted by atomic mass is 16.6. The number of hydrogen-bond donors (Lipinski definition) is 0. The molecule has 0 heterocycles. The van der Waals surface area contributed by atoms with Gasteiger partial charge >= 0.3 is 17.9 Å². The van der Waals surface area contributed by atoms with Gasteiger partial charge in [-0.05, 0) is 57.8 Å². The Labute approximate surface area is 448 Å². The SMILES string of the molecule is CCCCCCC/C=C\C/C=C\C/C=C\CCCCCCCCCCCCC(=O)OCC(COC(=O)CCCCCCCCCCCCC)OC(=O)CCCCCCCCCCCCCCCCCCCC. The van der Waals surface area contributed by atoms with Crippen LogP contribution in [0.15, 0.2) is 36.5 Å². The van der Waals surface area contributed by atoms with E-state index in [1.165, 1.54) is 238 Å². The first-order valence-electron chi connectivity index (χ1n) is 32.0. The Kier molecular flexibility index (Phi) is 59.2. The standard InChI is InChI=1S/C66H122O6/c1-4-7-10-13-16-19-22-24-26-28-30-31-32-33-34-35-36-38-39-41-44-47-50-53-56-59-65(68)71-62-63(61-70-64(67)58-55-52-49-46-43-21-18-15-12-9-6-3)72-66(69)60-57-54-51-48-45-42-40-37-29-27-25-23-20-17-14-11-8-5-2/h22,24,28,30,32-33,63H,4-21,23,25-27,29,31,34-62H2,1-3H3/b24-22-,30-28-,33-32-. The van der Waals surface area contributed by atoms with Crippen molar-refractivity contribution in [3.63, 3.8) is 0 Å². The van der Waals surface area contributed by atoms with Crippen molar-refractivity contribution >= 4 is 17.9 Å². The lowest BCUT2D eigenvalue weighted by molar-refractivity contribution is -0.167. The second-order valence-electron chi connectivity index (χ2n) is 21.7. The Balaban J connectivity index is 4.23. The molecule has 72 heavy (non-hydrogen) atoms. The van der Waals surface area contributed by atoms with E-state index in [0.717, 1.165) is 70.6 Å². The molecule has 0 fully saturated rings. The number of rotatable bonds is 59. The smallest absolute Gasteiger partial charge is 0.306 e. The number of esters is 3. The molecule has 0 rings (SSSR count). The maximum atomic E-state index is 12.9. The van der Waals surface area contributed by atoms with Gasteiger partial charge in [0.05, 0.1) is 0 Å². The summed E-state index contributed by atoms with van der Waals surface area (Å²) in [4.78, 5) is 38.2. The molecule has 0 aliphatic heterocycles. The summed E-state index contributed by atoms with van der Waals surface area (Å²) < 4.78 is 16.9. The Hall–Kier alpha value is -2.37. The molecule has 6 heteroatoms. The van der Waals surface area contributed by atoms with E-state index in [4.69, 9.17) is 14.2 Å². The van der Waals surface area contributed by atoms with E-state index in [0.29, 0.717) is 19.3 Å². The summed E-state index contributed by atoms with van der Waals surface area (Å²) in [5.41, 5.74) is 0. The molecule has 422 valence electrons. The fourth-order valence-corrected chi connectivity index (χ4v) is 9.57. The lowest BCUT2D eigenvalue weighted by atomic mass is 10.0. The van der Waals surface area contributed by atoms with Gasteiger partial charge < -0.3 is 14.2 Å². The van der Waals surface area contributed by atoms with E-state index in [9.17, 15) is 14.4 Å². The summed E-state index contributed by atoms with van der Waals surface area (Å²) in [7, 11) is 0. The van der Waals surface area contributed by atoms with E-state index in [-0.39, 0.29) is 31.1 Å². The third-order valence-electron chi connectivity index (χ3n) is 14.4. The van der Waals surface area contributed by atoms with Gasteiger partial charge in [0.15, 0.2) is 6.10 Å². The number of carbonyl (C=O) groups excluding carboxylic acids is 3. The van der Waals surface area contributed by atoms with Crippen molar-refractivity contribution in [1.82, 2.24) is 0 Å². The number of allylic oxidation sites excluding steroid dienone is 6. The van der Waals surface area contributed by atoms with Gasteiger partial charge in [-0.15, -0.1) is 0 Å². The van der Waals surface area contributed by atoms with Gasteiger partial charge in [-0.2, -0.15) is 0 Å². The molecular weight excluding hydrogens is 889 g/mol. The van der Waals surface area contributed by atoms with Crippen LogP contribution in [0.4, 0.5) is 0 Å². The van der Waals surface area contributed by atoms with Crippen molar-refractivity contribution in [1.29, 1.82) is 0 Å². The molecule has 6 nitrogen and oxygen atoms in total. The highest BCUT2D eigenvalue weighted by Crippen LogP contribution is 2.17. The van der Waals surface area contributed by atoms with Crippen LogP contribution in [-0.4, -0.2) is 37.2 Å². The van der Waals surface area contributed by atoms with Crippen LogP contribution >= 0.6 is 0 Å². The molecule has 0 bridgehead atoms. The molecule has 0 aliphatic carbocycles. The molecular formula is C66H122O6. The highest BCUT2D eigenvalue weighted by molar-refractivity contribution is 5.71. The Morgan fingerprint density at radius 1 is 0.278 bits per heavy atom. The second-order valence-corrected chi connectivity index (χ2v) is 21.7. The molecule has 0 aromatic carbocycles. The number of carbonyl (C=O) groups is 3. The lowest BCUT2D eigenvalue weighted by Gasteiger charge is -2.18. The van der Waals surface area contributed by atoms with Crippen LogP contribution < -0.4 is 0 Å². The summed E-state index contributed by atoms with van der Waals surface area (Å²) in [6, 6.07) is 0. The topological polar surface area (TPSA) is 78.9 Å². The fourth-order valence-electron chi connectivity index (χ4n) is 9.57. The van der Waals surface area contributed by atoms with Crippen LogP contribution in [0.1, 0.15) is 348 Å². The first-order valence-corrected chi connectivity index (χ1v) is 32.0. The minimum absolute atomic E-state index is 0.0678. The molecule has 0 aromatic heterocycles. The van der Waals surface area contributed by atoms with Gasteiger partial charge in [-0.25, -0.2) is 0 Å². The third kappa shape index (κ3) is 58.5. The van der Waals surface area contributed by atoms with Crippen molar-refractivity contribution in [2.45, 2.75) is 354 Å². The van der Waals surface area contributed by atoms with Crippen molar-refractivity contribution in [2.75, 3.05) is 13.2 Å². The third-order valence-corrected chi connectivity index (χ3v) is 14.4. The summed E-state index contributed by atoms with van der Waals surface area (Å²) >= 11 is 0. The maximum Gasteiger partial charge on any atom is 0.306 e. The maximum absolute atomic E-state index is 12.9. The Bertz CT molecular complexity index is 1210. The average molecular weight is 1010 g/mol. The molecule has 0 saturated carbocycles. The normalized spacial score (nSPS) is 12.2. The molecule has 0 aliphatic rings. The first kappa shape index (κ1) is 69.6. The van der Waals surface area contributed by atoms with E-state index in [1.54, 1.807) is 0 Å². The van der Waals surface area contributed by atoms with Crippen LogP contribution in [0.2, 0.25) is 0 Å². The molecule has 0 radical (unpaired) electrons. The molecule has 0 amide bonds. The minimum atomic E-state index is -0.769. The van der Waals surface area contributed by atoms with Gasteiger partial charge in [0, 0.05) is 19.3 Å². The quantitative estimate of drug-likeness (QED) is 0.0261. The number of ether oxygens (including phenoxy) is 3. The molecule has 0 N–H and O–H groups in total. The van der Waals surface area contributed by atoms with E-state index < -0.39 is 6.10 Å². The van der Waals surface area contributed by atoms with Crippen LogP contribution in [0.5, 0.6) is 0 Å². The fraction of sp³-hybridized carbons (Fsp3) is 0.864. The van der Waals surface area contributed by atoms with Crippen molar-refractivity contribution in [3.8, 4) is 0 Å². The molecule has 0 aromatic rings. The van der Waals surface area contributed by atoms with Gasteiger partial charge in [-0.1, -0.05) is 308 Å². The predicted molar refractivity (Wildman–Crippen MR) is 312 cm³/mol. The van der Waals surface area contributed by atoms with Crippen molar-refractivity contribution in [2.24, 2.45) is 0 Å². The van der Waals surface area contributed by atoms with Gasteiger partial charge in [0.25, 0.3) is 0 Å². The summed E-state index contributed by atoms with van der Waals surface area (Å²) in [6.07, 6.45) is 74.4. The van der Waals surface area contributed by atoms with Crippen LogP contribution in [-0.2, 0) is 28.6 Å². The van der Waals surface area contributed by atoms with Crippen LogP contribution in [0.25, 0.3) is 0 Å². The Morgan fingerprint density at radius 2 is 0.500 bits per heavy atom. The summed E-state index contributed by atoms with van der Waals surface area (Å²) in [6.45, 7) is 6.68. The zero-order valence-electron chi connectivity index (χ0n) is 48.5. The molecule has 1 atom stereocenters. The van der Waals surface area contributed by atoms with Crippen molar-refractivity contribution < 1.29 is 28.6 Å². The second kappa shape index (κ2) is 61.2. The zero-order chi connectivity index (χ0) is 52.2. The predicted octanol–water partition coefficient (Wildman–Crippen LogP) is 21.6. The minimum Gasteiger partial charge on any atom is -0.462 e. The molecule has 0 saturated heterocycles.